The van der Waals surface area contributed by atoms with Gasteiger partial charge in [-0.2, -0.15) is 0 Å². The Morgan fingerprint density at radius 3 is 0.286 bits per heavy atom. The van der Waals surface area contributed by atoms with E-state index in [0.29, 0.717) is 0 Å². The van der Waals surface area contributed by atoms with Gasteiger partial charge in [0.05, 0.1) is 0 Å². The molecule has 10 heteroatoms. The molecule has 94 valence electrons. The Kier molecular flexibility index (Phi) is 27800. The van der Waals surface area contributed by atoms with Gasteiger partial charge >= 0.3 is 52.4 Å². The van der Waals surface area contributed by atoms with Crippen molar-refractivity contribution in [3.8, 4) is 0 Å². The average Bonchev–Trinajstić information content (AvgIpc) is 0. The Bertz CT molecular complexity index is 20.9. The first-order valence-corrected chi connectivity index (χ1v) is 0. The smallest absolute Gasteiger partial charge is 0.412 e. The topological polar surface area (TPSA) is 220 Å². The third-order valence-corrected chi connectivity index (χ3v) is 0. The van der Waals surface area contributed by atoms with Gasteiger partial charge in [-0.05, 0) is 0 Å². The Morgan fingerprint density at radius 2 is 0.286 bits per heavy atom. The number of hydrogen-bond acceptors (Lipinski definition) is 0. The van der Waals surface area contributed by atoms with Crippen LogP contribution in [0.5, 0.6) is 0 Å². The van der Waals surface area contributed by atoms with Crippen LogP contribution in [0, 0.1) is 29.7 Å². The quantitative estimate of drug-likeness (QED) is 0.316. The zero-order valence-corrected chi connectivity index (χ0v) is 16.4. The van der Waals surface area contributed by atoms with Gasteiger partial charge in [-0.1, -0.05) is 0 Å². The van der Waals surface area contributed by atoms with E-state index < -0.39 is 0 Å². The minimum atomic E-state index is 0. The van der Waals surface area contributed by atoms with Gasteiger partial charge in [0.2, 0.25) is 0 Å². The fourth-order valence-corrected chi connectivity index (χ4v) is 0. The van der Waals surface area contributed by atoms with E-state index in [9.17, 15) is 0 Å². The molecule has 0 saturated carbocycles. The van der Waals surface area contributed by atoms with Crippen LogP contribution in [0.25, 0.3) is 0 Å². The molecule has 0 bridgehead atoms. The molecule has 0 spiro atoms. The van der Waals surface area contributed by atoms with Crippen LogP contribution < -0.4 is 0 Å². The average molecular weight is 460 g/mol. The SMILES string of the molecule is O.O.O.O.O.O.O.[CH3-].[CH3-].[CH3-].[CH3-].[Zr+3].[Zr+3].[Zr]. The molecule has 2 radical (unpaired) electrons. The van der Waals surface area contributed by atoms with E-state index in [0.717, 1.165) is 0 Å². The van der Waals surface area contributed by atoms with Crippen LogP contribution >= 0.6 is 0 Å². The van der Waals surface area contributed by atoms with E-state index in [4.69, 9.17) is 0 Å². The van der Waals surface area contributed by atoms with Crippen LogP contribution in [0.1, 0.15) is 0 Å². The Morgan fingerprint density at radius 1 is 0.286 bits per heavy atom. The number of hydrogen-bond donors (Lipinski definition) is 0. The molecule has 14 heavy (non-hydrogen) atoms. The van der Waals surface area contributed by atoms with Crippen LogP contribution in [0.4, 0.5) is 0 Å². The van der Waals surface area contributed by atoms with Crippen LogP contribution in [-0.2, 0) is 78.6 Å². The molecule has 0 aromatic heterocycles. The molecule has 0 atom stereocenters. The molecule has 0 rings (SSSR count). The normalized spacial score (nSPS) is 0. The Balaban J connectivity index is 0. The first-order valence-electron chi connectivity index (χ1n) is 0. The summed E-state index contributed by atoms with van der Waals surface area (Å²) in [7, 11) is 0. The van der Waals surface area contributed by atoms with Crippen LogP contribution in [0.3, 0.4) is 0 Å². The second-order valence-corrected chi connectivity index (χ2v) is 0. The maximum absolute atomic E-state index is 0. The molecule has 0 aliphatic rings. The monoisotopic (exact) mass is 456 g/mol. The Hall–Kier alpha value is 2.37. The first-order chi connectivity index (χ1) is 0. The molecular weight excluding hydrogens is 434 g/mol. The molecule has 7 nitrogen and oxygen atoms in total. The van der Waals surface area contributed by atoms with Crippen molar-refractivity contribution in [2.45, 2.75) is 0 Å². The third kappa shape index (κ3) is 458. The van der Waals surface area contributed by atoms with Crippen LogP contribution in [0.2, 0.25) is 0 Å². The summed E-state index contributed by atoms with van der Waals surface area (Å²) in [6.45, 7) is 0. The summed E-state index contributed by atoms with van der Waals surface area (Å²) in [6.07, 6.45) is 0. The van der Waals surface area contributed by atoms with E-state index in [1.54, 1.807) is 0 Å². The van der Waals surface area contributed by atoms with Crippen molar-refractivity contribution in [2.75, 3.05) is 0 Å². The zero-order valence-electron chi connectivity index (χ0n) is 9.00. The summed E-state index contributed by atoms with van der Waals surface area (Å²) >= 11 is 0. The summed E-state index contributed by atoms with van der Waals surface area (Å²) in [6, 6.07) is 0. The van der Waals surface area contributed by atoms with E-state index in [1.807, 2.05) is 0 Å². The molecule has 0 aromatic rings. The molecule has 0 heterocycles. The zero-order chi connectivity index (χ0) is 0. The number of rotatable bonds is 0. The summed E-state index contributed by atoms with van der Waals surface area (Å²) in [5.74, 6) is 0. The van der Waals surface area contributed by atoms with E-state index >= 15 is 0 Å². The summed E-state index contributed by atoms with van der Waals surface area (Å²) < 4.78 is 0. The molecular formula is C4H26O7Zr3+2. The van der Waals surface area contributed by atoms with E-state index in [-0.39, 0.29) is 147 Å². The van der Waals surface area contributed by atoms with Crippen LogP contribution in [-0.4, -0.2) is 38.3 Å². The van der Waals surface area contributed by atoms with Crippen molar-refractivity contribution in [1.29, 1.82) is 0 Å². The van der Waals surface area contributed by atoms with Crippen molar-refractivity contribution in [3.05, 3.63) is 29.7 Å². The minimum absolute atomic E-state index is 0. The fraction of sp³-hybridized carbons (Fsp3) is 0. The first kappa shape index (κ1) is 689. The molecule has 14 N–H and O–H groups in total. The summed E-state index contributed by atoms with van der Waals surface area (Å²) in [5, 5.41) is 0. The molecule has 0 unspecified atom stereocenters. The van der Waals surface area contributed by atoms with Crippen molar-refractivity contribution >= 4 is 0 Å². The van der Waals surface area contributed by atoms with Gasteiger partial charge in [-0.15, -0.1) is 0 Å². The second-order valence-electron chi connectivity index (χ2n) is 0. The van der Waals surface area contributed by atoms with Gasteiger partial charge in [0.25, 0.3) is 0 Å². The third-order valence-electron chi connectivity index (χ3n) is 0. The Labute approximate surface area is 145 Å². The van der Waals surface area contributed by atoms with Crippen molar-refractivity contribution < 1.29 is 117 Å². The van der Waals surface area contributed by atoms with Gasteiger partial charge in [0.15, 0.2) is 0 Å². The molecule has 0 aliphatic heterocycles. The fourth-order valence-electron chi connectivity index (χ4n) is 0. The van der Waals surface area contributed by atoms with Crippen molar-refractivity contribution in [2.24, 2.45) is 0 Å². The molecule has 0 saturated heterocycles. The molecule has 0 fully saturated rings. The molecule has 0 aromatic carbocycles. The summed E-state index contributed by atoms with van der Waals surface area (Å²) in [5.41, 5.74) is 0. The van der Waals surface area contributed by atoms with Crippen molar-refractivity contribution in [1.82, 2.24) is 0 Å². The second kappa shape index (κ2) is 565. The van der Waals surface area contributed by atoms with Crippen LogP contribution in [0.15, 0.2) is 0 Å². The molecule has 0 amide bonds. The molecule has 0 aliphatic carbocycles. The van der Waals surface area contributed by atoms with E-state index in [1.165, 1.54) is 0 Å². The predicted octanol–water partition coefficient (Wildman–Crippen LogP) is -3.98. The van der Waals surface area contributed by atoms with Gasteiger partial charge in [-0.25, -0.2) is 0 Å². The van der Waals surface area contributed by atoms with Crippen molar-refractivity contribution in [3.63, 3.8) is 0 Å². The van der Waals surface area contributed by atoms with E-state index in [2.05, 4.69) is 0 Å². The van der Waals surface area contributed by atoms with Gasteiger partial charge < -0.3 is 68.0 Å². The maximum atomic E-state index is 0. The predicted molar refractivity (Wildman–Crippen MR) is 51.0 cm³/mol. The maximum Gasteiger partial charge on any atom is 3.00 e. The van der Waals surface area contributed by atoms with Gasteiger partial charge in [0.1, 0.15) is 0 Å². The summed E-state index contributed by atoms with van der Waals surface area (Å²) in [4.78, 5) is 0. The van der Waals surface area contributed by atoms with Gasteiger partial charge in [-0.3, -0.25) is 0 Å². The largest absolute Gasteiger partial charge is 3.00 e. The van der Waals surface area contributed by atoms with Gasteiger partial charge in [0, 0.05) is 26.2 Å². The standard InChI is InChI=1S/4CH3.7H2O.3Zr/h4*1H3;7*1H2;;;/q4*-1;;;;;;;;;2*+3. The minimum Gasteiger partial charge on any atom is -0.412 e.